The van der Waals surface area contributed by atoms with E-state index in [1.54, 1.807) is 45.7 Å². The normalized spacial score (nSPS) is 23.8. The minimum absolute atomic E-state index is 0.0692. The number of amides is 2. The van der Waals surface area contributed by atoms with Crippen LogP contribution < -0.4 is 10.5 Å². The van der Waals surface area contributed by atoms with E-state index in [0.29, 0.717) is 56.2 Å². The summed E-state index contributed by atoms with van der Waals surface area (Å²) >= 11 is 0. The molecule has 46 heavy (non-hydrogen) atoms. The Hall–Kier alpha value is -3.28. The highest BCUT2D eigenvalue weighted by Crippen LogP contribution is 2.40. The van der Waals surface area contributed by atoms with Gasteiger partial charge in [-0.3, -0.25) is 19.4 Å². The molecule has 4 heterocycles. The maximum absolute atomic E-state index is 14.6. The third-order valence-electron chi connectivity index (χ3n) is 9.46. The second-order valence-corrected chi connectivity index (χ2v) is 14.9. The molecule has 2 saturated heterocycles. The van der Waals surface area contributed by atoms with Crippen molar-refractivity contribution in [1.82, 2.24) is 19.3 Å². The van der Waals surface area contributed by atoms with E-state index >= 15 is 0 Å². The molecule has 0 bridgehead atoms. The van der Waals surface area contributed by atoms with Crippen LogP contribution in [0.15, 0.2) is 35.1 Å². The molecular formula is C35H50FN5O5. The van der Waals surface area contributed by atoms with Gasteiger partial charge in [0.1, 0.15) is 11.4 Å². The quantitative estimate of drug-likeness (QED) is 0.476. The minimum atomic E-state index is -0.612. The van der Waals surface area contributed by atoms with Gasteiger partial charge in [0.2, 0.25) is 5.91 Å². The number of carbonyl (C=O) groups is 2. The van der Waals surface area contributed by atoms with E-state index in [1.807, 2.05) is 41.5 Å². The van der Waals surface area contributed by atoms with Crippen molar-refractivity contribution < 1.29 is 23.5 Å². The molecule has 0 saturated carbocycles. The second-order valence-electron chi connectivity index (χ2n) is 14.9. The highest BCUT2D eigenvalue weighted by molar-refractivity contribution is 5.97. The summed E-state index contributed by atoms with van der Waals surface area (Å²) in [6.07, 6.45) is -0.205. The van der Waals surface area contributed by atoms with Crippen LogP contribution in [0.1, 0.15) is 65.3 Å². The lowest BCUT2D eigenvalue weighted by Gasteiger charge is -2.47. The monoisotopic (exact) mass is 639 g/mol. The van der Waals surface area contributed by atoms with Gasteiger partial charge in [-0.15, -0.1) is 0 Å². The fraction of sp³-hybridized carbons (Fsp3) is 0.629. The third-order valence-corrected chi connectivity index (χ3v) is 9.46. The molecule has 0 radical (unpaired) electrons. The first-order chi connectivity index (χ1) is 21.6. The van der Waals surface area contributed by atoms with E-state index in [1.165, 1.54) is 6.07 Å². The topological polar surface area (TPSA) is 87.6 Å². The zero-order valence-corrected chi connectivity index (χ0v) is 28.6. The fourth-order valence-electron chi connectivity index (χ4n) is 7.16. The first-order valence-corrected chi connectivity index (χ1v) is 16.4. The van der Waals surface area contributed by atoms with E-state index < -0.39 is 11.0 Å². The van der Waals surface area contributed by atoms with Crippen LogP contribution in [-0.4, -0.2) is 107 Å². The average molecular weight is 640 g/mol. The number of rotatable bonds is 6. The minimum Gasteiger partial charge on any atom is -0.444 e. The van der Waals surface area contributed by atoms with Gasteiger partial charge in [-0.2, -0.15) is 0 Å². The third kappa shape index (κ3) is 7.16. The number of ether oxygens (including phenoxy) is 2. The van der Waals surface area contributed by atoms with Crippen molar-refractivity contribution in [3.05, 3.63) is 63.3 Å². The standard InChI is InChI=1S/C35H50FN5O5/c1-23-17-39(27(18-38-13-14-45-21-24(38)2)19-40(23)33(44)46-34(3,4)5)20-30(42)41-22-35(6,7)31-29(41)16-26(32(43)37(31)8)15-25-11-9-10-12-28(25)36/h9-12,16,23-24,27H,13-15,17-22H2,1-8H3/t23-,24-,27+/m1/s1. The van der Waals surface area contributed by atoms with Gasteiger partial charge >= 0.3 is 6.09 Å². The first-order valence-electron chi connectivity index (χ1n) is 16.4. The molecule has 0 aliphatic carbocycles. The van der Waals surface area contributed by atoms with Crippen LogP contribution in [0.25, 0.3) is 0 Å². The molecule has 1 aromatic carbocycles. The van der Waals surface area contributed by atoms with Crippen LogP contribution in [0.4, 0.5) is 14.9 Å². The number of benzene rings is 1. The van der Waals surface area contributed by atoms with Crippen molar-refractivity contribution in [2.75, 3.05) is 57.4 Å². The molecule has 11 heteroatoms. The summed E-state index contributed by atoms with van der Waals surface area (Å²) in [7, 11) is 1.73. The predicted octanol–water partition coefficient (Wildman–Crippen LogP) is 3.77. The van der Waals surface area contributed by atoms with Crippen molar-refractivity contribution in [2.24, 2.45) is 7.05 Å². The Balaban J connectivity index is 1.42. The molecule has 5 rings (SSSR count). The number of pyridine rings is 1. The molecule has 2 fully saturated rings. The molecule has 3 atom stereocenters. The smallest absolute Gasteiger partial charge is 0.410 e. The Kier molecular flexibility index (Phi) is 9.69. The maximum atomic E-state index is 14.6. The fourth-order valence-corrected chi connectivity index (χ4v) is 7.16. The highest BCUT2D eigenvalue weighted by atomic mass is 19.1. The summed E-state index contributed by atoms with van der Waals surface area (Å²) < 4.78 is 27.6. The van der Waals surface area contributed by atoms with E-state index in [0.717, 1.165) is 12.2 Å². The number of hydrogen-bond acceptors (Lipinski definition) is 7. The lowest BCUT2D eigenvalue weighted by atomic mass is 9.90. The lowest BCUT2D eigenvalue weighted by Crippen LogP contribution is -2.64. The second kappa shape index (κ2) is 13.1. The molecule has 1 aromatic heterocycles. The first kappa shape index (κ1) is 34.1. The summed E-state index contributed by atoms with van der Waals surface area (Å²) in [4.78, 5) is 49.2. The Morgan fingerprint density at radius 1 is 1.07 bits per heavy atom. The number of anilines is 1. The van der Waals surface area contributed by atoms with Gasteiger partial charge in [-0.1, -0.05) is 32.0 Å². The van der Waals surface area contributed by atoms with Gasteiger partial charge < -0.3 is 23.8 Å². The van der Waals surface area contributed by atoms with Crippen molar-refractivity contribution >= 4 is 17.7 Å². The molecule has 2 amide bonds. The Labute approximate surface area is 272 Å². The van der Waals surface area contributed by atoms with Crippen LogP contribution >= 0.6 is 0 Å². The van der Waals surface area contributed by atoms with Crippen molar-refractivity contribution in [3.63, 3.8) is 0 Å². The molecule has 0 spiro atoms. The summed E-state index contributed by atoms with van der Waals surface area (Å²) in [6.45, 7) is 18.1. The Bertz CT molecular complexity index is 1520. The van der Waals surface area contributed by atoms with Gasteiger partial charge in [0.15, 0.2) is 0 Å². The number of morpholine rings is 1. The number of carbonyl (C=O) groups excluding carboxylic acids is 2. The SMILES string of the molecule is C[C@@H]1COCCN1C[C@H]1CN(C(=O)OC(C)(C)C)[C@H](C)CN1CC(=O)N1CC(C)(C)c2c1cc(Cc1ccccc1F)c(=O)n2C. The van der Waals surface area contributed by atoms with Crippen molar-refractivity contribution in [3.8, 4) is 0 Å². The van der Waals surface area contributed by atoms with Crippen LogP contribution in [-0.2, 0) is 33.2 Å². The van der Waals surface area contributed by atoms with Gasteiger partial charge in [0.25, 0.3) is 5.56 Å². The summed E-state index contributed by atoms with van der Waals surface area (Å²) in [6, 6.07) is 8.22. The molecule has 0 unspecified atom stereocenters. The average Bonchev–Trinajstić information content (AvgIpc) is 3.24. The number of fused-ring (bicyclic) bond motifs is 1. The lowest BCUT2D eigenvalue weighted by molar-refractivity contribution is -0.121. The van der Waals surface area contributed by atoms with Crippen LogP contribution in [0.3, 0.4) is 0 Å². The van der Waals surface area contributed by atoms with E-state index in [-0.39, 0.29) is 54.5 Å². The van der Waals surface area contributed by atoms with Crippen LogP contribution in [0.5, 0.6) is 0 Å². The molecule has 10 nitrogen and oxygen atoms in total. The molecule has 252 valence electrons. The maximum Gasteiger partial charge on any atom is 0.410 e. The van der Waals surface area contributed by atoms with E-state index in [4.69, 9.17) is 9.47 Å². The number of piperazine rings is 1. The van der Waals surface area contributed by atoms with Gasteiger partial charge in [0.05, 0.1) is 31.1 Å². The summed E-state index contributed by atoms with van der Waals surface area (Å²) in [5.41, 5.74) is 1.12. The highest BCUT2D eigenvalue weighted by Gasteiger charge is 2.43. The summed E-state index contributed by atoms with van der Waals surface area (Å²) in [5, 5.41) is 0. The molecule has 3 aliphatic heterocycles. The molecule has 2 aromatic rings. The predicted molar refractivity (Wildman–Crippen MR) is 176 cm³/mol. The zero-order valence-electron chi connectivity index (χ0n) is 28.6. The molecule has 0 N–H and O–H groups in total. The molecule has 3 aliphatic rings. The van der Waals surface area contributed by atoms with Crippen LogP contribution in [0.2, 0.25) is 0 Å². The summed E-state index contributed by atoms with van der Waals surface area (Å²) in [5.74, 6) is -0.432. The van der Waals surface area contributed by atoms with Crippen molar-refractivity contribution in [2.45, 2.75) is 84.0 Å². The number of halogens is 1. The largest absolute Gasteiger partial charge is 0.444 e. The number of nitrogens with zero attached hydrogens (tertiary/aromatic N) is 5. The Morgan fingerprint density at radius 3 is 2.46 bits per heavy atom. The van der Waals surface area contributed by atoms with Gasteiger partial charge in [0, 0.05) is 75.3 Å². The number of aromatic nitrogens is 1. The van der Waals surface area contributed by atoms with E-state index in [9.17, 15) is 18.8 Å². The van der Waals surface area contributed by atoms with Gasteiger partial charge in [-0.25, -0.2) is 9.18 Å². The van der Waals surface area contributed by atoms with Gasteiger partial charge in [-0.05, 0) is 52.3 Å². The van der Waals surface area contributed by atoms with E-state index in [2.05, 4.69) is 16.7 Å². The van der Waals surface area contributed by atoms with Crippen LogP contribution in [0, 0.1) is 5.82 Å². The van der Waals surface area contributed by atoms with Crippen molar-refractivity contribution in [1.29, 1.82) is 0 Å². The number of hydrogen-bond donors (Lipinski definition) is 0. The zero-order chi connectivity index (χ0) is 33.6. The molecular weight excluding hydrogens is 589 g/mol. The Morgan fingerprint density at radius 2 is 1.78 bits per heavy atom.